The molecule has 0 saturated heterocycles. The maximum atomic E-state index is 10.5. The Morgan fingerprint density at radius 1 is 1.21 bits per heavy atom. The highest BCUT2D eigenvalue weighted by molar-refractivity contribution is 9.08. The summed E-state index contributed by atoms with van der Waals surface area (Å²) in [6, 6.07) is 3.31. The molecule has 0 aliphatic rings. The van der Waals surface area contributed by atoms with Gasteiger partial charge in [0.05, 0.1) is 0 Å². The molecular formula is C18H32BrN2O3+. The minimum Gasteiger partial charge on any atom is -0.477 e. The van der Waals surface area contributed by atoms with E-state index in [1.807, 2.05) is 23.5 Å². The van der Waals surface area contributed by atoms with E-state index in [4.69, 9.17) is 5.11 Å². The van der Waals surface area contributed by atoms with E-state index in [9.17, 15) is 9.59 Å². The van der Waals surface area contributed by atoms with E-state index in [-0.39, 0.29) is 0 Å². The van der Waals surface area contributed by atoms with Gasteiger partial charge in [-0.2, -0.15) is 0 Å². The van der Waals surface area contributed by atoms with Gasteiger partial charge in [-0.3, -0.25) is 4.79 Å². The first-order chi connectivity index (χ1) is 11.7. The molecular weight excluding hydrogens is 372 g/mol. The number of nitrogens with zero attached hydrogens (tertiary/aromatic N) is 1. The van der Waals surface area contributed by atoms with Crippen LogP contribution in [0.4, 0.5) is 0 Å². The first kappa shape index (κ1) is 24.8. The molecule has 0 aliphatic carbocycles. The molecule has 5 nitrogen and oxygen atoms in total. The second kappa shape index (κ2) is 19.6. The number of carboxylic acid groups (broad SMARTS) is 1. The van der Waals surface area contributed by atoms with Crippen molar-refractivity contribution < 1.29 is 19.3 Å². The van der Waals surface area contributed by atoms with Crippen molar-refractivity contribution in [3.63, 3.8) is 0 Å². The molecule has 0 atom stereocenters. The summed E-state index contributed by atoms with van der Waals surface area (Å²) < 4.78 is 1.82. The summed E-state index contributed by atoms with van der Waals surface area (Å²) in [5.41, 5.74) is 0.328. The molecule has 1 aromatic rings. The number of pyridine rings is 1. The zero-order valence-electron chi connectivity index (χ0n) is 15.1. The van der Waals surface area contributed by atoms with E-state index in [0.29, 0.717) is 5.56 Å². The summed E-state index contributed by atoms with van der Waals surface area (Å²) in [6.45, 7) is 5.82. The normalized spacial score (nSPS) is 9.00. The molecule has 0 spiro atoms. The largest absolute Gasteiger partial charge is 0.477 e. The lowest BCUT2D eigenvalue weighted by Crippen LogP contribution is -2.32. The molecule has 0 aromatic carbocycles. The Bertz CT molecular complexity index is 428. The number of hydrogen-bond donors (Lipinski definition) is 2. The topological polar surface area (TPSA) is 70.3 Å². The molecule has 1 amide bonds. The summed E-state index contributed by atoms with van der Waals surface area (Å²) in [4.78, 5) is 20.3. The van der Waals surface area contributed by atoms with Gasteiger partial charge in [-0.1, -0.05) is 55.0 Å². The second-order valence-corrected chi connectivity index (χ2v) is 5.07. The standard InChI is InChI=1S/C9H19NO.C8H9NO2.CH3Br/c1-2-3-4-5-6-7-8-10-9-11;1-2-9-5-3-4-7(6-9)8(10)11;1-2/h9H,2-8H2,1H3,(H,10,11);3-6H,2H2,1H3;1H3/p+1. The number of aromatic carboxylic acids is 1. The second-order valence-electron chi connectivity index (χ2n) is 5.07. The van der Waals surface area contributed by atoms with Gasteiger partial charge in [0, 0.05) is 12.6 Å². The van der Waals surface area contributed by atoms with Crippen molar-refractivity contribution in [3.8, 4) is 0 Å². The zero-order chi connectivity index (χ0) is 18.6. The fraction of sp³-hybridized carbons (Fsp3) is 0.611. The molecule has 0 bridgehead atoms. The van der Waals surface area contributed by atoms with Crippen LogP contribution in [0.25, 0.3) is 0 Å². The molecule has 0 fully saturated rings. The highest BCUT2D eigenvalue weighted by Gasteiger charge is 2.06. The fourth-order valence-electron chi connectivity index (χ4n) is 1.91. The first-order valence-electron chi connectivity index (χ1n) is 8.42. The van der Waals surface area contributed by atoms with Crippen molar-refractivity contribution in [1.29, 1.82) is 0 Å². The lowest BCUT2D eigenvalue weighted by atomic mass is 10.1. The van der Waals surface area contributed by atoms with E-state index >= 15 is 0 Å². The van der Waals surface area contributed by atoms with E-state index < -0.39 is 5.97 Å². The van der Waals surface area contributed by atoms with Gasteiger partial charge in [0.1, 0.15) is 12.1 Å². The van der Waals surface area contributed by atoms with Crippen LogP contribution in [0.5, 0.6) is 0 Å². The Morgan fingerprint density at radius 2 is 1.83 bits per heavy atom. The average Bonchev–Trinajstić information content (AvgIpc) is 2.63. The van der Waals surface area contributed by atoms with Gasteiger partial charge in [0.25, 0.3) is 0 Å². The number of halogens is 1. The van der Waals surface area contributed by atoms with Crippen LogP contribution in [-0.4, -0.2) is 29.9 Å². The number of carboxylic acids is 1. The average molecular weight is 404 g/mol. The van der Waals surface area contributed by atoms with Crippen LogP contribution in [0, 0.1) is 0 Å². The summed E-state index contributed by atoms with van der Waals surface area (Å²) >= 11 is 2.94. The maximum Gasteiger partial charge on any atom is 0.341 e. The Hall–Kier alpha value is -1.43. The van der Waals surface area contributed by atoms with Crippen LogP contribution in [0.2, 0.25) is 0 Å². The van der Waals surface area contributed by atoms with Gasteiger partial charge in [-0.25, -0.2) is 9.36 Å². The number of hydrogen-bond acceptors (Lipinski definition) is 2. The lowest BCUT2D eigenvalue weighted by Gasteiger charge is -1.98. The summed E-state index contributed by atoms with van der Waals surface area (Å²) in [6.07, 6.45) is 11.9. The van der Waals surface area contributed by atoms with Gasteiger partial charge in [-0.15, -0.1) is 0 Å². The van der Waals surface area contributed by atoms with E-state index in [2.05, 4.69) is 28.2 Å². The van der Waals surface area contributed by atoms with E-state index in [0.717, 1.165) is 25.9 Å². The van der Waals surface area contributed by atoms with Crippen molar-refractivity contribution in [2.45, 2.75) is 58.9 Å². The fourth-order valence-corrected chi connectivity index (χ4v) is 1.91. The number of unbranched alkanes of at least 4 members (excludes halogenated alkanes) is 5. The minimum atomic E-state index is -0.882. The van der Waals surface area contributed by atoms with Crippen molar-refractivity contribution in [3.05, 3.63) is 30.1 Å². The predicted molar refractivity (Wildman–Crippen MR) is 102 cm³/mol. The molecule has 24 heavy (non-hydrogen) atoms. The number of alkyl halides is 1. The first-order valence-corrected chi connectivity index (χ1v) is 10.0. The van der Waals surface area contributed by atoms with Crippen molar-refractivity contribution >= 4 is 28.3 Å². The number of aryl methyl sites for hydroxylation is 1. The number of aromatic nitrogens is 1. The maximum absolute atomic E-state index is 10.5. The monoisotopic (exact) mass is 403 g/mol. The summed E-state index contributed by atoms with van der Waals surface area (Å²) in [5.74, 6) is 0.931. The van der Waals surface area contributed by atoms with Crippen LogP contribution in [0.1, 0.15) is 62.7 Å². The third-order valence-electron chi connectivity index (χ3n) is 3.23. The van der Waals surface area contributed by atoms with Gasteiger partial charge in [0.15, 0.2) is 12.4 Å². The molecule has 6 heteroatoms. The van der Waals surface area contributed by atoms with Gasteiger partial charge < -0.3 is 10.4 Å². The molecule has 1 heterocycles. The molecule has 0 unspecified atom stereocenters. The molecule has 1 rings (SSSR count). The smallest absolute Gasteiger partial charge is 0.341 e. The Kier molecular flexibility index (Phi) is 20.3. The quantitative estimate of drug-likeness (QED) is 0.270. The molecule has 2 N–H and O–H groups in total. The van der Waals surface area contributed by atoms with Crippen molar-refractivity contribution in [2.24, 2.45) is 0 Å². The number of rotatable bonds is 10. The number of carbonyl (C=O) groups is 2. The summed E-state index contributed by atoms with van der Waals surface area (Å²) in [5, 5.41) is 11.3. The summed E-state index contributed by atoms with van der Waals surface area (Å²) in [7, 11) is 0. The van der Waals surface area contributed by atoms with Crippen LogP contribution in [0.3, 0.4) is 0 Å². The predicted octanol–water partition coefficient (Wildman–Crippen LogP) is 3.80. The molecule has 0 aliphatic heterocycles. The Labute approximate surface area is 154 Å². The van der Waals surface area contributed by atoms with Gasteiger partial charge in [0.2, 0.25) is 6.41 Å². The number of nitrogens with one attached hydrogen (secondary N) is 1. The van der Waals surface area contributed by atoms with Gasteiger partial charge in [-0.05, 0) is 25.2 Å². The van der Waals surface area contributed by atoms with Crippen molar-refractivity contribution in [2.75, 3.05) is 12.4 Å². The zero-order valence-corrected chi connectivity index (χ0v) is 16.7. The third kappa shape index (κ3) is 15.5. The third-order valence-corrected chi connectivity index (χ3v) is 3.23. The molecule has 0 radical (unpaired) electrons. The van der Waals surface area contributed by atoms with E-state index in [1.165, 1.54) is 32.1 Å². The molecule has 138 valence electrons. The van der Waals surface area contributed by atoms with Crippen LogP contribution < -0.4 is 9.88 Å². The number of amides is 1. The SMILES string of the molecule is CBr.CCCCCCCCNC=O.CC[n+]1cccc(C(=O)O)c1. The highest BCUT2D eigenvalue weighted by atomic mass is 79.9. The van der Waals surface area contributed by atoms with Crippen LogP contribution in [0.15, 0.2) is 24.5 Å². The van der Waals surface area contributed by atoms with Crippen LogP contribution in [-0.2, 0) is 11.3 Å². The molecule has 1 aromatic heterocycles. The molecule has 0 saturated carbocycles. The lowest BCUT2D eigenvalue weighted by molar-refractivity contribution is -0.693. The Balaban J connectivity index is 0. The number of carbonyl (C=O) groups excluding carboxylic acids is 1. The van der Waals surface area contributed by atoms with Crippen LogP contribution >= 0.6 is 15.9 Å². The Morgan fingerprint density at radius 3 is 2.38 bits per heavy atom. The van der Waals surface area contributed by atoms with Crippen molar-refractivity contribution in [1.82, 2.24) is 5.32 Å². The highest BCUT2D eigenvalue weighted by Crippen LogP contribution is 2.03. The van der Waals surface area contributed by atoms with Gasteiger partial charge >= 0.3 is 5.97 Å². The van der Waals surface area contributed by atoms with E-state index in [1.54, 1.807) is 18.3 Å². The minimum absolute atomic E-state index is 0.328.